The van der Waals surface area contributed by atoms with E-state index in [1.165, 1.54) is 61.9 Å². The first kappa shape index (κ1) is 29.8. The van der Waals surface area contributed by atoms with Crippen LogP contribution >= 0.6 is 22.7 Å². The Labute approximate surface area is 270 Å². The number of hydrogen-bond acceptors (Lipinski definition) is 4. The van der Waals surface area contributed by atoms with Crippen LogP contribution in [0.3, 0.4) is 0 Å². The van der Waals surface area contributed by atoms with Crippen molar-refractivity contribution in [1.29, 1.82) is 0 Å². The second-order valence-electron chi connectivity index (χ2n) is 15.4. The summed E-state index contributed by atoms with van der Waals surface area (Å²) in [6.45, 7) is 23.0. The van der Waals surface area contributed by atoms with Gasteiger partial charge in [0, 0.05) is 40.3 Å². The molecule has 0 bridgehead atoms. The molecular weight excluding hydrogens is 609 g/mol. The van der Waals surface area contributed by atoms with Crippen LogP contribution in [0.25, 0.3) is 61.9 Å². The fourth-order valence-corrected chi connectivity index (χ4v) is 10.1. The van der Waals surface area contributed by atoms with Crippen molar-refractivity contribution >= 4 is 101 Å². The van der Waals surface area contributed by atoms with Gasteiger partial charge in [0.15, 0.2) is 0 Å². The molecule has 0 aliphatic carbocycles. The van der Waals surface area contributed by atoms with Crippen LogP contribution in [0.1, 0.15) is 41.5 Å². The number of rotatable bonds is 4. The van der Waals surface area contributed by atoms with Crippen LogP contribution in [0, 0.1) is 0 Å². The van der Waals surface area contributed by atoms with Crippen molar-refractivity contribution in [2.24, 2.45) is 0 Å². The van der Waals surface area contributed by atoms with E-state index < -0.39 is 16.6 Å². The highest BCUT2D eigenvalue weighted by molar-refractivity contribution is 7.28. The van der Waals surface area contributed by atoms with Crippen LogP contribution in [0.4, 0.5) is 0 Å². The standard InChI is InChI=1S/C38H42O2S2Si2/c1-37(2,3)43(7,8)39-25-13-15-27-23(21-25)11-17-29-33(27)35-31(41-29)19-20-32-36(35)34-28-16-14-26(40-44(9,10)38(4,5)6)22-24(28)12-18-30(34)42-32/h11-22H,1-10H3. The van der Waals surface area contributed by atoms with Gasteiger partial charge < -0.3 is 8.85 Å². The van der Waals surface area contributed by atoms with E-state index in [0.29, 0.717) is 0 Å². The normalized spacial score (nSPS) is 13.7. The number of fused-ring (bicyclic) bond motifs is 11. The highest BCUT2D eigenvalue weighted by atomic mass is 32.1. The maximum atomic E-state index is 6.71. The van der Waals surface area contributed by atoms with Gasteiger partial charge in [-0.2, -0.15) is 0 Å². The molecule has 0 amide bonds. The molecule has 7 rings (SSSR count). The molecule has 6 heteroatoms. The smallest absolute Gasteiger partial charge is 0.250 e. The molecule has 0 spiro atoms. The van der Waals surface area contributed by atoms with Gasteiger partial charge in [-0.25, -0.2) is 0 Å². The maximum Gasteiger partial charge on any atom is 0.250 e. The van der Waals surface area contributed by atoms with Gasteiger partial charge in [0.25, 0.3) is 0 Å². The monoisotopic (exact) mass is 650 g/mol. The molecule has 0 aliphatic heterocycles. The summed E-state index contributed by atoms with van der Waals surface area (Å²) in [6, 6.07) is 27.3. The average molecular weight is 651 g/mol. The van der Waals surface area contributed by atoms with E-state index in [0.717, 1.165) is 11.5 Å². The number of benzene rings is 5. The molecule has 5 aromatic carbocycles. The van der Waals surface area contributed by atoms with Crippen LogP contribution in [-0.2, 0) is 0 Å². The highest BCUT2D eigenvalue weighted by Crippen LogP contribution is 2.49. The van der Waals surface area contributed by atoms with Crippen LogP contribution in [0.15, 0.2) is 72.8 Å². The Kier molecular flexibility index (Phi) is 6.63. The molecule has 0 fully saturated rings. The first-order chi connectivity index (χ1) is 20.5. The summed E-state index contributed by atoms with van der Waals surface area (Å²) in [5.41, 5.74) is 0. The van der Waals surface area contributed by atoms with Crippen molar-refractivity contribution < 1.29 is 8.85 Å². The molecule has 0 N–H and O–H groups in total. The van der Waals surface area contributed by atoms with Gasteiger partial charge in [-0.3, -0.25) is 0 Å². The molecule has 2 heterocycles. The van der Waals surface area contributed by atoms with Crippen molar-refractivity contribution in [2.45, 2.75) is 77.8 Å². The summed E-state index contributed by atoms with van der Waals surface area (Å²) in [5, 5.41) is 10.9. The molecular formula is C38H42O2S2Si2. The molecule has 0 aliphatic rings. The first-order valence-corrected chi connectivity index (χ1v) is 23.0. The lowest BCUT2D eigenvalue weighted by atomic mass is 9.98. The molecule has 0 saturated carbocycles. The summed E-state index contributed by atoms with van der Waals surface area (Å²) < 4.78 is 18.8. The van der Waals surface area contributed by atoms with E-state index in [9.17, 15) is 0 Å². The lowest BCUT2D eigenvalue weighted by Crippen LogP contribution is -2.43. The average Bonchev–Trinajstić information content (AvgIpc) is 3.49. The summed E-state index contributed by atoms with van der Waals surface area (Å²) in [7, 11) is -3.86. The van der Waals surface area contributed by atoms with Crippen LogP contribution in [0.2, 0.25) is 36.3 Å². The predicted molar refractivity (Wildman–Crippen MR) is 203 cm³/mol. The van der Waals surface area contributed by atoms with E-state index in [2.05, 4.69) is 141 Å². The molecule has 2 aromatic heterocycles. The molecule has 0 saturated heterocycles. The van der Waals surface area contributed by atoms with E-state index in [1.807, 2.05) is 22.7 Å². The Bertz CT molecular complexity index is 2100. The molecule has 0 atom stereocenters. The van der Waals surface area contributed by atoms with Crippen molar-refractivity contribution in [1.82, 2.24) is 0 Å². The summed E-state index contributed by atoms with van der Waals surface area (Å²) in [6.07, 6.45) is 0. The third-order valence-electron chi connectivity index (χ3n) is 10.3. The minimum Gasteiger partial charge on any atom is -0.543 e. The van der Waals surface area contributed by atoms with Gasteiger partial charge in [-0.1, -0.05) is 65.8 Å². The molecule has 226 valence electrons. The quantitative estimate of drug-likeness (QED) is 0.176. The highest BCUT2D eigenvalue weighted by Gasteiger charge is 2.40. The molecule has 0 unspecified atom stereocenters. The van der Waals surface area contributed by atoms with E-state index in [1.54, 1.807) is 0 Å². The topological polar surface area (TPSA) is 18.5 Å². The van der Waals surface area contributed by atoms with Crippen LogP contribution in [0.5, 0.6) is 11.5 Å². The molecule has 0 radical (unpaired) electrons. The molecule has 7 aromatic rings. The van der Waals surface area contributed by atoms with Crippen molar-refractivity contribution in [3.63, 3.8) is 0 Å². The number of thiophene rings is 2. The minimum absolute atomic E-state index is 0.154. The van der Waals surface area contributed by atoms with Crippen LogP contribution < -0.4 is 8.85 Å². The van der Waals surface area contributed by atoms with Crippen molar-refractivity contribution in [2.75, 3.05) is 0 Å². The Morgan fingerprint density at radius 2 is 0.795 bits per heavy atom. The maximum absolute atomic E-state index is 6.71. The van der Waals surface area contributed by atoms with Gasteiger partial charge >= 0.3 is 0 Å². The van der Waals surface area contributed by atoms with Gasteiger partial charge in [-0.05, 0) is 106 Å². The van der Waals surface area contributed by atoms with E-state index >= 15 is 0 Å². The zero-order valence-electron chi connectivity index (χ0n) is 27.6. The largest absolute Gasteiger partial charge is 0.543 e. The van der Waals surface area contributed by atoms with Crippen molar-refractivity contribution in [3.05, 3.63) is 72.8 Å². The second-order valence-corrected chi connectivity index (χ2v) is 27.0. The Morgan fingerprint density at radius 3 is 1.16 bits per heavy atom. The Balaban J connectivity index is 1.45. The molecule has 2 nitrogen and oxygen atoms in total. The Morgan fingerprint density at radius 1 is 0.455 bits per heavy atom. The second kappa shape index (κ2) is 9.80. The fraction of sp³-hybridized carbons (Fsp3) is 0.316. The first-order valence-electron chi connectivity index (χ1n) is 15.6. The Hall–Kier alpha value is -2.91. The van der Waals surface area contributed by atoms with Crippen molar-refractivity contribution in [3.8, 4) is 11.5 Å². The van der Waals surface area contributed by atoms with E-state index in [4.69, 9.17) is 8.85 Å². The summed E-state index contributed by atoms with van der Waals surface area (Å²) in [4.78, 5) is 0. The fourth-order valence-electron chi connectivity index (χ4n) is 5.75. The molecule has 44 heavy (non-hydrogen) atoms. The predicted octanol–water partition coefficient (Wildman–Crippen LogP) is 13.5. The third kappa shape index (κ3) is 4.68. The van der Waals surface area contributed by atoms with E-state index in [-0.39, 0.29) is 10.1 Å². The van der Waals surface area contributed by atoms with Gasteiger partial charge in [-0.15, -0.1) is 22.7 Å². The zero-order chi connectivity index (χ0) is 31.4. The van der Waals surface area contributed by atoms with Gasteiger partial charge in [0.1, 0.15) is 11.5 Å². The lowest BCUT2D eigenvalue weighted by Gasteiger charge is -2.36. The lowest BCUT2D eigenvalue weighted by molar-refractivity contribution is 0.492. The third-order valence-corrected chi connectivity index (χ3v) is 21.3. The van der Waals surface area contributed by atoms with Gasteiger partial charge in [0.2, 0.25) is 16.6 Å². The summed E-state index contributed by atoms with van der Waals surface area (Å²) in [5.74, 6) is 1.96. The SMILES string of the molecule is CC(C)(C)[Si](C)(C)Oc1ccc2c(ccc3sc4ccc5sc6ccc7cc(O[Si](C)(C)C(C)(C)C)ccc7c6c5c4c32)c1. The van der Waals surface area contributed by atoms with Crippen LogP contribution in [-0.4, -0.2) is 16.6 Å². The number of hydrogen-bond donors (Lipinski definition) is 0. The minimum atomic E-state index is -1.93. The zero-order valence-corrected chi connectivity index (χ0v) is 31.2. The van der Waals surface area contributed by atoms with Gasteiger partial charge in [0.05, 0.1) is 0 Å². The summed E-state index contributed by atoms with van der Waals surface area (Å²) >= 11 is 3.80.